The molecule has 0 saturated carbocycles. The Labute approximate surface area is 210 Å². The van der Waals surface area contributed by atoms with Gasteiger partial charge in [-0.2, -0.15) is 0 Å². The SMILES string of the molecule is CCCC(C)NC(=O)C(c1cccc(C)c1O)N(CC)C(=O)C(CC(C)C)NC(=O)OC(C)(C)C. The molecule has 3 N–H and O–H groups in total. The molecule has 1 aromatic carbocycles. The monoisotopic (exact) mass is 491 g/mol. The Hall–Kier alpha value is -2.77. The number of alkyl carbamates (subject to hydrolysis) is 1. The Morgan fingerprint density at radius 2 is 1.71 bits per heavy atom. The molecule has 0 aliphatic rings. The largest absolute Gasteiger partial charge is 0.507 e. The van der Waals surface area contributed by atoms with Gasteiger partial charge >= 0.3 is 6.09 Å². The number of amides is 3. The van der Waals surface area contributed by atoms with E-state index < -0.39 is 29.7 Å². The minimum absolute atomic E-state index is 0.0254. The highest BCUT2D eigenvalue weighted by Gasteiger charge is 2.37. The number of hydrogen-bond acceptors (Lipinski definition) is 5. The molecule has 35 heavy (non-hydrogen) atoms. The summed E-state index contributed by atoms with van der Waals surface area (Å²) in [6, 6.07) is 3.12. The second-order valence-electron chi connectivity index (χ2n) is 10.6. The van der Waals surface area contributed by atoms with E-state index in [0.29, 0.717) is 17.5 Å². The van der Waals surface area contributed by atoms with Crippen LogP contribution in [0.1, 0.15) is 91.8 Å². The molecule has 3 atom stereocenters. The number of ether oxygens (including phenoxy) is 1. The molecule has 0 saturated heterocycles. The van der Waals surface area contributed by atoms with Gasteiger partial charge in [0.15, 0.2) is 0 Å². The van der Waals surface area contributed by atoms with E-state index >= 15 is 0 Å². The average molecular weight is 492 g/mol. The molecule has 0 heterocycles. The van der Waals surface area contributed by atoms with E-state index in [-0.39, 0.29) is 30.2 Å². The van der Waals surface area contributed by atoms with Gasteiger partial charge in [0.25, 0.3) is 0 Å². The van der Waals surface area contributed by atoms with E-state index in [0.717, 1.165) is 12.8 Å². The Bertz CT molecular complexity index is 863. The topological polar surface area (TPSA) is 108 Å². The summed E-state index contributed by atoms with van der Waals surface area (Å²) >= 11 is 0. The Kier molecular flexibility index (Phi) is 11.5. The number of hydrogen-bond donors (Lipinski definition) is 3. The summed E-state index contributed by atoms with van der Waals surface area (Å²) in [7, 11) is 0. The number of benzene rings is 1. The zero-order valence-corrected chi connectivity index (χ0v) is 22.9. The van der Waals surface area contributed by atoms with Crippen LogP contribution in [0.25, 0.3) is 0 Å². The number of carbonyl (C=O) groups excluding carboxylic acids is 3. The van der Waals surface area contributed by atoms with E-state index in [2.05, 4.69) is 10.6 Å². The first kappa shape index (κ1) is 30.3. The van der Waals surface area contributed by atoms with E-state index in [1.807, 2.05) is 27.7 Å². The first-order valence-corrected chi connectivity index (χ1v) is 12.6. The summed E-state index contributed by atoms with van der Waals surface area (Å²) in [4.78, 5) is 41.3. The van der Waals surface area contributed by atoms with Gasteiger partial charge in [-0.05, 0) is 65.9 Å². The molecule has 0 aliphatic carbocycles. The van der Waals surface area contributed by atoms with Gasteiger partial charge in [0.2, 0.25) is 11.8 Å². The van der Waals surface area contributed by atoms with Crippen molar-refractivity contribution in [1.82, 2.24) is 15.5 Å². The smallest absolute Gasteiger partial charge is 0.408 e. The summed E-state index contributed by atoms with van der Waals surface area (Å²) in [6.07, 6.45) is 1.36. The lowest BCUT2D eigenvalue weighted by molar-refractivity contribution is -0.142. The zero-order chi connectivity index (χ0) is 26.9. The molecule has 1 aromatic rings. The molecule has 3 unspecified atom stereocenters. The second-order valence-corrected chi connectivity index (χ2v) is 10.6. The Morgan fingerprint density at radius 1 is 1.09 bits per heavy atom. The van der Waals surface area contributed by atoms with Crippen molar-refractivity contribution >= 4 is 17.9 Å². The Balaban J connectivity index is 3.44. The number of carbonyl (C=O) groups is 3. The van der Waals surface area contributed by atoms with Crippen molar-refractivity contribution in [3.05, 3.63) is 29.3 Å². The molecule has 0 aliphatic heterocycles. The molecule has 0 spiro atoms. The van der Waals surface area contributed by atoms with Gasteiger partial charge < -0.3 is 25.4 Å². The number of para-hydroxylation sites is 1. The number of aromatic hydroxyl groups is 1. The number of rotatable bonds is 11. The van der Waals surface area contributed by atoms with Crippen LogP contribution in [0.4, 0.5) is 4.79 Å². The predicted octanol–water partition coefficient (Wildman–Crippen LogP) is 4.83. The predicted molar refractivity (Wildman–Crippen MR) is 138 cm³/mol. The molecule has 8 nitrogen and oxygen atoms in total. The molecule has 1 rings (SSSR count). The minimum Gasteiger partial charge on any atom is -0.507 e. The van der Waals surface area contributed by atoms with Crippen LogP contribution >= 0.6 is 0 Å². The third-order valence-electron chi connectivity index (χ3n) is 5.55. The van der Waals surface area contributed by atoms with Crippen molar-refractivity contribution < 1.29 is 24.2 Å². The second kappa shape index (κ2) is 13.4. The lowest BCUT2D eigenvalue weighted by Crippen LogP contribution is -2.53. The molecular weight excluding hydrogens is 446 g/mol. The van der Waals surface area contributed by atoms with Crippen LogP contribution in [-0.4, -0.2) is 52.1 Å². The highest BCUT2D eigenvalue weighted by atomic mass is 16.6. The van der Waals surface area contributed by atoms with Crippen molar-refractivity contribution in [2.75, 3.05) is 6.54 Å². The maximum Gasteiger partial charge on any atom is 0.408 e. The van der Waals surface area contributed by atoms with Gasteiger partial charge in [-0.1, -0.05) is 45.4 Å². The highest BCUT2D eigenvalue weighted by Crippen LogP contribution is 2.32. The van der Waals surface area contributed by atoms with E-state index in [1.165, 1.54) is 4.90 Å². The van der Waals surface area contributed by atoms with Crippen LogP contribution in [0, 0.1) is 12.8 Å². The molecule has 8 heteroatoms. The minimum atomic E-state index is -1.05. The van der Waals surface area contributed by atoms with E-state index in [1.54, 1.807) is 52.8 Å². The summed E-state index contributed by atoms with van der Waals surface area (Å²) < 4.78 is 5.38. The zero-order valence-electron chi connectivity index (χ0n) is 22.9. The fraction of sp³-hybridized carbons (Fsp3) is 0.667. The molecule has 0 aromatic heterocycles. The third kappa shape index (κ3) is 9.42. The van der Waals surface area contributed by atoms with Crippen LogP contribution in [0.15, 0.2) is 18.2 Å². The van der Waals surface area contributed by atoms with Crippen molar-refractivity contribution in [3.63, 3.8) is 0 Å². The van der Waals surface area contributed by atoms with Gasteiger partial charge in [0.05, 0.1) is 0 Å². The summed E-state index contributed by atoms with van der Waals surface area (Å²) in [5.74, 6) is -0.705. The molecule has 0 fully saturated rings. The van der Waals surface area contributed by atoms with Gasteiger partial charge in [0.1, 0.15) is 23.4 Å². The number of likely N-dealkylation sites (N-methyl/N-ethyl adjacent to an activating group) is 1. The van der Waals surface area contributed by atoms with Gasteiger partial charge in [-0.15, -0.1) is 0 Å². The number of nitrogens with one attached hydrogen (secondary N) is 2. The van der Waals surface area contributed by atoms with Gasteiger partial charge in [-0.25, -0.2) is 4.79 Å². The van der Waals surface area contributed by atoms with E-state index in [9.17, 15) is 19.5 Å². The normalized spacial score (nSPS) is 14.1. The standard InChI is InChI=1S/C27H45N3O5/c1-10-13-19(6)28-24(32)22(20-15-12-14-18(5)23(20)31)30(11-2)25(33)21(16-17(3)4)29-26(34)35-27(7,8)9/h12,14-15,17,19,21-22,31H,10-11,13,16H2,1-9H3,(H,28,32)(H,29,34). The number of phenolic OH excluding ortho intramolecular Hbond substituents is 1. The third-order valence-corrected chi connectivity index (χ3v) is 5.55. The summed E-state index contributed by atoms with van der Waals surface area (Å²) in [6.45, 7) is 16.8. The highest BCUT2D eigenvalue weighted by molar-refractivity contribution is 5.92. The quantitative estimate of drug-likeness (QED) is 0.411. The molecular formula is C27H45N3O5. The van der Waals surface area contributed by atoms with Crippen molar-refractivity contribution in [2.45, 2.75) is 105 Å². The fourth-order valence-electron chi connectivity index (χ4n) is 3.99. The van der Waals surface area contributed by atoms with Gasteiger partial charge in [-0.3, -0.25) is 9.59 Å². The van der Waals surface area contributed by atoms with Crippen molar-refractivity contribution in [2.24, 2.45) is 5.92 Å². The lowest BCUT2D eigenvalue weighted by atomic mass is 9.97. The van der Waals surface area contributed by atoms with Crippen LogP contribution in [0.3, 0.4) is 0 Å². The maximum absolute atomic E-state index is 13.8. The number of phenols is 1. The van der Waals surface area contributed by atoms with E-state index in [4.69, 9.17) is 4.74 Å². The fourth-order valence-corrected chi connectivity index (χ4v) is 3.99. The lowest BCUT2D eigenvalue weighted by Gasteiger charge is -2.35. The van der Waals surface area contributed by atoms with Gasteiger partial charge in [0, 0.05) is 18.2 Å². The summed E-state index contributed by atoms with van der Waals surface area (Å²) in [5, 5.41) is 16.5. The van der Waals surface area contributed by atoms with Crippen LogP contribution in [0.5, 0.6) is 5.75 Å². The van der Waals surface area contributed by atoms with Crippen LogP contribution in [0.2, 0.25) is 0 Å². The average Bonchev–Trinajstić information content (AvgIpc) is 2.71. The van der Waals surface area contributed by atoms with Crippen molar-refractivity contribution in [3.8, 4) is 5.75 Å². The first-order valence-electron chi connectivity index (χ1n) is 12.6. The van der Waals surface area contributed by atoms with Crippen LogP contribution < -0.4 is 10.6 Å². The molecule has 3 amide bonds. The number of nitrogens with zero attached hydrogens (tertiary/aromatic N) is 1. The molecule has 198 valence electrons. The molecule has 0 radical (unpaired) electrons. The first-order chi connectivity index (χ1) is 16.2. The number of aryl methyl sites for hydroxylation is 1. The Morgan fingerprint density at radius 3 is 2.23 bits per heavy atom. The maximum atomic E-state index is 13.8. The van der Waals surface area contributed by atoms with Crippen LogP contribution in [-0.2, 0) is 14.3 Å². The summed E-state index contributed by atoms with van der Waals surface area (Å²) in [5.41, 5.74) is 0.239. The van der Waals surface area contributed by atoms with Crippen molar-refractivity contribution in [1.29, 1.82) is 0 Å². The molecule has 0 bridgehead atoms.